The van der Waals surface area contributed by atoms with Gasteiger partial charge in [0.2, 0.25) is 4.77 Å². The average Bonchev–Trinajstić information content (AvgIpc) is 2.70. The Morgan fingerprint density at radius 3 is 2.76 bits per heavy atom. The van der Waals surface area contributed by atoms with Crippen molar-refractivity contribution in [3.8, 4) is 0 Å². The largest absolute Gasteiger partial charge is 0.347 e. The maximum atomic E-state index is 11.7. The van der Waals surface area contributed by atoms with Crippen molar-refractivity contribution in [2.75, 3.05) is 5.32 Å². The highest BCUT2D eigenvalue weighted by atomic mass is 35.5. The van der Waals surface area contributed by atoms with Gasteiger partial charge in [-0.15, -0.1) is 0 Å². The number of carbonyl (C=O) groups excluding carboxylic acids is 1. The molecule has 1 aromatic carbocycles. The summed E-state index contributed by atoms with van der Waals surface area (Å²) in [6, 6.07) is 4.31. The molecule has 1 amide bonds. The normalized spacial score (nSPS) is 10.2. The Morgan fingerprint density at radius 1 is 1.41 bits per heavy atom. The molecule has 0 radical (unpaired) electrons. The van der Waals surface area contributed by atoms with Gasteiger partial charge < -0.3 is 5.32 Å². The quantitative estimate of drug-likeness (QED) is 0.791. The van der Waals surface area contributed by atoms with Crippen LogP contribution in [-0.2, 0) is 0 Å². The molecular weight excluding hydrogens is 283 g/mol. The summed E-state index contributed by atoms with van der Waals surface area (Å²) in [4.78, 5) is 15.5. The number of hydrogen-bond acceptors (Lipinski definition) is 3. The molecule has 88 valence electrons. The lowest BCUT2D eigenvalue weighted by Gasteiger charge is -2.05. The number of anilines is 1. The number of carbonyl (C=O) groups is 1. The third kappa shape index (κ3) is 2.66. The molecule has 2 rings (SSSR count). The molecule has 0 fully saturated rings. The Kier molecular flexibility index (Phi) is 3.46. The molecule has 17 heavy (non-hydrogen) atoms. The summed E-state index contributed by atoms with van der Waals surface area (Å²) in [5.74, 6) is 0. The SMILES string of the molecule is O=C(Nc1ccc(Cl)c(Cl)c1)n1[nH]cnc1=S. The van der Waals surface area contributed by atoms with Crippen molar-refractivity contribution < 1.29 is 4.79 Å². The number of halogens is 2. The van der Waals surface area contributed by atoms with E-state index in [1.54, 1.807) is 18.2 Å². The summed E-state index contributed by atoms with van der Waals surface area (Å²) in [5.41, 5.74) is 0.515. The number of rotatable bonds is 1. The lowest BCUT2D eigenvalue weighted by molar-refractivity contribution is 0.250. The number of nitrogens with one attached hydrogen (secondary N) is 2. The van der Waals surface area contributed by atoms with Crippen molar-refractivity contribution in [3.63, 3.8) is 0 Å². The van der Waals surface area contributed by atoms with E-state index in [9.17, 15) is 4.79 Å². The van der Waals surface area contributed by atoms with E-state index in [0.29, 0.717) is 15.7 Å². The number of amides is 1. The van der Waals surface area contributed by atoms with Crippen LogP contribution >= 0.6 is 35.4 Å². The fourth-order valence-corrected chi connectivity index (χ4v) is 1.64. The lowest BCUT2D eigenvalue weighted by atomic mass is 10.3. The first kappa shape index (κ1) is 12.1. The van der Waals surface area contributed by atoms with Gasteiger partial charge in [0.15, 0.2) is 0 Å². The second-order valence-electron chi connectivity index (χ2n) is 3.06. The zero-order chi connectivity index (χ0) is 12.4. The first-order valence-corrected chi connectivity index (χ1v) is 5.63. The molecule has 8 heteroatoms. The van der Waals surface area contributed by atoms with E-state index in [-0.39, 0.29) is 4.77 Å². The van der Waals surface area contributed by atoms with Crippen LogP contribution in [0.15, 0.2) is 24.5 Å². The van der Waals surface area contributed by atoms with Gasteiger partial charge in [-0.25, -0.2) is 9.78 Å². The highest BCUT2D eigenvalue weighted by molar-refractivity contribution is 7.71. The van der Waals surface area contributed by atoms with Crippen LogP contribution < -0.4 is 5.32 Å². The first-order chi connectivity index (χ1) is 8.08. The van der Waals surface area contributed by atoms with Crippen LogP contribution in [0.3, 0.4) is 0 Å². The summed E-state index contributed by atoms with van der Waals surface area (Å²) < 4.78 is 1.24. The molecule has 0 bridgehead atoms. The van der Waals surface area contributed by atoms with Gasteiger partial charge in [-0.2, -0.15) is 4.68 Å². The summed E-state index contributed by atoms with van der Waals surface area (Å²) >= 11 is 16.4. The fraction of sp³-hybridized carbons (Fsp3) is 0. The Morgan fingerprint density at radius 2 is 2.18 bits per heavy atom. The van der Waals surface area contributed by atoms with Gasteiger partial charge in [-0.05, 0) is 30.4 Å². The number of aromatic nitrogens is 3. The minimum Gasteiger partial charge on any atom is -0.306 e. The Bertz CT molecular complexity index is 621. The third-order valence-corrected chi connectivity index (χ3v) is 2.95. The summed E-state index contributed by atoms with van der Waals surface area (Å²) in [6.07, 6.45) is 1.33. The Labute approximate surface area is 111 Å². The van der Waals surface area contributed by atoms with Gasteiger partial charge in [0, 0.05) is 5.69 Å². The molecule has 0 atom stereocenters. The van der Waals surface area contributed by atoms with E-state index < -0.39 is 6.03 Å². The van der Waals surface area contributed by atoms with E-state index in [1.165, 1.54) is 6.33 Å². The van der Waals surface area contributed by atoms with Crippen LogP contribution in [0.25, 0.3) is 0 Å². The summed E-state index contributed by atoms with van der Waals surface area (Å²) in [7, 11) is 0. The lowest BCUT2D eigenvalue weighted by Crippen LogP contribution is -2.20. The number of nitrogens with zero attached hydrogens (tertiary/aromatic N) is 2. The van der Waals surface area contributed by atoms with Gasteiger partial charge >= 0.3 is 6.03 Å². The molecule has 2 N–H and O–H groups in total. The second-order valence-corrected chi connectivity index (χ2v) is 4.24. The Balaban J connectivity index is 2.22. The van der Waals surface area contributed by atoms with Crippen LogP contribution in [0.5, 0.6) is 0 Å². The van der Waals surface area contributed by atoms with Crippen LogP contribution in [-0.4, -0.2) is 20.8 Å². The van der Waals surface area contributed by atoms with Crippen molar-refractivity contribution in [3.05, 3.63) is 39.3 Å². The molecule has 0 saturated carbocycles. The minimum absolute atomic E-state index is 0.141. The number of H-pyrrole nitrogens is 1. The smallest absolute Gasteiger partial charge is 0.306 e. The maximum absolute atomic E-state index is 11.7. The minimum atomic E-state index is -0.453. The molecule has 0 spiro atoms. The van der Waals surface area contributed by atoms with E-state index in [4.69, 9.17) is 35.4 Å². The molecule has 2 aromatic rings. The van der Waals surface area contributed by atoms with Gasteiger partial charge in [0.05, 0.1) is 10.0 Å². The van der Waals surface area contributed by atoms with Crippen LogP contribution in [0.1, 0.15) is 0 Å². The van der Waals surface area contributed by atoms with E-state index in [0.717, 1.165) is 4.68 Å². The predicted octanol–water partition coefficient (Wildman–Crippen LogP) is 3.33. The van der Waals surface area contributed by atoms with Crippen molar-refractivity contribution in [2.24, 2.45) is 0 Å². The molecule has 0 saturated heterocycles. The van der Waals surface area contributed by atoms with E-state index >= 15 is 0 Å². The van der Waals surface area contributed by atoms with Gasteiger partial charge in [-0.1, -0.05) is 23.2 Å². The molecule has 0 aliphatic carbocycles. The first-order valence-electron chi connectivity index (χ1n) is 4.47. The highest BCUT2D eigenvalue weighted by Gasteiger charge is 2.07. The maximum Gasteiger partial charge on any atom is 0.347 e. The zero-order valence-electron chi connectivity index (χ0n) is 8.28. The molecule has 0 aliphatic rings. The van der Waals surface area contributed by atoms with Crippen molar-refractivity contribution in [1.29, 1.82) is 0 Å². The molecule has 1 heterocycles. The summed E-state index contributed by atoms with van der Waals surface area (Å²) in [5, 5.41) is 5.96. The van der Waals surface area contributed by atoms with Crippen molar-refractivity contribution in [1.82, 2.24) is 14.8 Å². The monoisotopic (exact) mass is 288 g/mol. The standard InChI is InChI=1S/C9H6Cl2N4OS/c10-6-2-1-5(3-7(6)11)14-8(16)15-9(17)12-4-13-15/h1-4H,(H,14,16)(H,12,13,17). The topological polar surface area (TPSA) is 62.7 Å². The molecular formula is C9H6Cl2N4OS. The molecule has 1 aromatic heterocycles. The summed E-state index contributed by atoms with van der Waals surface area (Å²) in [6.45, 7) is 0. The van der Waals surface area contributed by atoms with Crippen LogP contribution in [0.4, 0.5) is 10.5 Å². The molecule has 5 nitrogen and oxygen atoms in total. The second kappa shape index (κ2) is 4.87. The van der Waals surface area contributed by atoms with Crippen LogP contribution in [0, 0.1) is 4.77 Å². The van der Waals surface area contributed by atoms with Gasteiger partial charge in [0.25, 0.3) is 0 Å². The molecule has 0 unspecified atom stereocenters. The third-order valence-electron chi connectivity index (χ3n) is 1.93. The Hall–Kier alpha value is -1.37. The average molecular weight is 289 g/mol. The number of aromatic amines is 1. The van der Waals surface area contributed by atoms with E-state index in [2.05, 4.69) is 15.4 Å². The predicted molar refractivity (Wildman–Crippen MR) is 68.3 cm³/mol. The number of benzene rings is 1. The van der Waals surface area contributed by atoms with Gasteiger partial charge in [0.1, 0.15) is 6.33 Å². The fourth-order valence-electron chi connectivity index (χ4n) is 1.15. The number of hydrogen-bond donors (Lipinski definition) is 2. The van der Waals surface area contributed by atoms with E-state index in [1.807, 2.05) is 0 Å². The highest BCUT2D eigenvalue weighted by Crippen LogP contribution is 2.24. The van der Waals surface area contributed by atoms with Crippen molar-refractivity contribution >= 4 is 47.1 Å². The van der Waals surface area contributed by atoms with Crippen LogP contribution in [0.2, 0.25) is 10.0 Å². The van der Waals surface area contributed by atoms with Gasteiger partial charge in [-0.3, -0.25) is 5.10 Å². The van der Waals surface area contributed by atoms with Crippen molar-refractivity contribution in [2.45, 2.75) is 0 Å². The zero-order valence-corrected chi connectivity index (χ0v) is 10.6. The molecule has 0 aliphatic heterocycles.